The molecular weight excluding hydrogens is 542 g/mol. The molecule has 218 valence electrons. The van der Waals surface area contributed by atoms with Crippen LogP contribution >= 0.6 is 0 Å². The first-order valence-electron chi connectivity index (χ1n) is 13.7. The fourth-order valence-electron chi connectivity index (χ4n) is 5.46. The lowest BCUT2D eigenvalue weighted by Gasteiger charge is -2.40. The van der Waals surface area contributed by atoms with E-state index in [-0.39, 0.29) is 57.3 Å². The van der Waals surface area contributed by atoms with Gasteiger partial charge in [-0.25, -0.2) is 23.1 Å². The molecule has 0 unspecified atom stereocenters. The molecule has 1 N–H and O–H groups in total. The quantitative estimate of drug-likeness (QED) is 0.342. The van der Waals surface area contributed by atoms with Crippen LogP contribution in [0.1, 0.15) is 43.5 Å². The summed E-state index contributed by atoms with van der Waals surface area (Å²) in [4.78, 5) is 43.2. The van der Waals surface area contributed by atoms with Gasteiger partial charge in [0.1, 0.15) is 23.1 Å². The summed E-state index contributed by atoms with van der Waals surface area (Å²) in [5.41, 5.74) is 0.978. The van der Waals surface area contributed by atoms with E-state index in [1.807, 2.05) is 32.6 Å². The van der Waals surface area contributed by atoms with Crippen molar-refractivity contribution < 1.29 is 18.7 Å². The minimum Gasteiger partial charge on any atom is -0.507 e. The molecule has 5 rings (SSSR count). The topological polar surface area (TPSA) is 104 Å². The predicted molar refractivity (Wildman–Crippen MR) is 157 cm³/mol. The summed E-state index contributed by atoms with van der Waals surface area (Å²) >= 11 is 0. The molecule has 0 radical (unpaired) electrons. The van der Waals surface area contributed by atoms with Crippen LogP contribution < -0.4 is 10.6 Å². The number of piperazine rings is 1. The number of fused-ring (bicyclic) bond motifs is 1. The zero-order valence-corrected chi connectivity index (χ0v) is 24.2. The van der Waals surface area contributed by atoms with Crippen molar-refractivity contribution in [1.29, 1.82) is 0 Å². The van der Waals surface area contributed by atoms with Crippen LogP contribution in [0.5, 0.6) is 5.75 Å². The number of phenolic OH excluding ortho intramolecular Hbond substituents is 1. The zero-order chi connectivity index (χ0) is 30.5. The molecule has 9 nitrogen and oxygen atoms in total. The average molecular weight is 575 g/mol. The molecule has 1 aliphatic rings. The van der Waals surface area contributed by atoms with Crippen molar-refractivity contribution in [2.75, 3.05) is 24.5 Å². The number of hydrogen-bond donors (Lipinski definition) is 1. The fourth-order valence-corrected chi connectivity index (χ4v) is 5.46. The van der Waals surface area contributed by atoms with Gasteiger partial charge in [-0.05, 0) is 68.2 Å². The van der Waals surface area contributed by atoms with Crippen LogP contribution in [0, 0.1) is 25.5 Å². The monoisotopic (exact) mass is 574 g/mol. The highest BCUT2D eigenvalue weighted by atomic mass is 19.1. The number of nitrogens with zero attached hydrogens (tertiary/aromatic N) is 6. The molecule has 3 aromatic heterocycles. The molecule has 0 aliphatic carbocycles. The number of carbonyl (C=O) groups excluding carboxylic acids is 1. The lowest BCUT2D eigenvalue weighted by Crippen LogP contribution is -2.54. The van der Waals surface area contributed by atoms with Crippen molar-refractivity contribution in [3.63, 3.8) is 0 Å². The largest absolute Gasteiger partial charge is 0.507 e. The van der Waals surface area contributed by atoms with E-state index in [9.17, 15) is 19.1 Å². The van der Waals surface area contributed by atoms with E-state index in [0.717, 1.165) is 11.6 Å². The number of phenols is 1. The Balaban J connectivity index is 1.83. The molecule has 11 heteroatoms. The summed E-state index contributed by atoms with van der Waals surface area (Å²) in [6, 6.07) is 4.94. The summed E-state index contributed by atoms with van der Waals surface area (Å²) in [5.74, 6) is -1.87. The molecule has 1 aliphatic heterocycles. The normalized spacial score (nSPS) is 15.5. The highest BCUT2D eigenvalue weighted by Crippen LogP contribution is 2.36. The Labute approximate surface area is 241 Å². The van der Waals surface area contributed by atoms with Crippen molar-refractivity contribution in [3.8, 4) is 22.7 Å². The molecule has 1 atom stereocenters. The van der Waals surface area contributed by atoms with E-state index >= 15 is 4.39 Å². The number of aryl methyl sites for hydroxylation is 2. The summed E-state index contributed by atoms with van der Waals surface area (Å²) in [6.45, 7) is 13.7. The lowest BCUT2D eigenvalue weighted by molar-refractivity contribution is -0.126. The number of rotatable bonds is 5. The first-order valence-corrected chi connectivity index (χ1v) is 13.7. The molecular formula is C31H32F2N6O3. The molecule has 0 bridgehead atoms. The van der Waals surface area contributed by atoms with Crippen LogP contribution in [0.2, 0.25) is 0 Å². The van der Waals surface area contributed by atoms with E-state index in [4.69, 9.17) is 0 Å². The maximum atomic E-state index is 15.9. The number of aromatic nitrogens is 4. The second-order valence-electron chi connectivity index (χ2n) is 10.9. The molecule has 1 amide bonds. The Morgan fingerprint density at radius 1 is 1.12 bits per heavy atom. The van der Waals surface area contributed by atoms with Gasteiger partial charge >= 0.3 is 5.69 Å². The van der Waals surface area contributed by atoms with Crippen molar-refractivity contribution in [2.24, 2.45) is 0 Å². The number of anilines is 1. The highest BCUT2D eigenvalue weighted by Gasteiger charge is 2.31. The van der Waals surface area contributed by atoms with Gasteiger partial charge in [-0.15, -0.1) is 0 Å². The van der Waals surface area contributed by atoms with Gasteiger partial charge in [0.2, 0.25) is 5.91 Å². The second-order valence-corrected chi connectivity index (χ2v) is 10.9. The van der Waals surface area contributed by atoms with Gasteiger partial charge in [0.25, 0.3) is 0 Å². The first-order chi connectivity index (χ1) is 19.9. The average Bonchev–Trinajstić information content (AvgIpc) is 2.94. The van der Waals surface area contributed by atoms with Gasteiger partial charge in [-0.2, -0.15) is 4.98 Å². The Bertz CT molecular complexity index is 1800. The molecule has 0 spiro atoms. The van der Waals surface area contributed by atoms with Gasteiger partial charge in [0, 0.05) is 37.4 Å². The number of halogens is 2. The Morgan fingerprint density at radius 2 is 1.86 bits per heavy atom. The third-order valence-electron chi connectivity index (χ3n) is 7.64. The van der Waals surface area contributed by atoms with Crippen molar-refractivity contribution in [3.05, 3.63) is 82.1 Å². The van der Waals surface area contributed by atoms with Gasteiger partial charge in [0.05, 0.1) is 16.8 Å². The Morgan fingerprint density at radius 3 is 2.52 bits per heavy atom. The number of carbonyl (C=O) groups is 1. The van der Waals surface area contributed by atoms with Crippen molar-refractivity contribution in [1.82, 2.24) is 24.4 Å². The van der Waals surface area contributed by atoms with Crippen LogP contribution in [-0.4, -0.2) is 61.1 Å². The molecule has 1 fully saturated rings. The van der Waals surface area contributed by atoms with Crippen LogP contribution in [0.4, 0.5) is 14.6 Å². The molecule has 0 saturated carbocycles. The molecule has 1 saturated heterocycles. The number of aromatic hydroxyl groups is 1. The summed E-state index contributed by atoms with van der Waals surface area (Å²) in [5, 5.41) is 10.9. The smallest absolute Gasteiger partial charge is 0.355 e. The highest BCUT2D eigenvalue weighted by molar-refractivity contribution is 5.91. The standard InChI is InChI=1S/C31H32F2N6O3/c1-7-25(41)37-10-11-38(19(6)15-37)29-21-14-23(33)27(20-13-22(32)18(5)12-24(20)40)35-30(21)39(31(42)36-29)28-17(4)8-9-34-26(28)16(2)3/h7-9,12-14,16,19,40H,1,10-11,15H2,2-6H3/t19-/m0/s1. The van der Waals surface area contributed by atoms with E-state index in [0.29, 0.717) is 31.0 Å². The number of hydrogen-bond acceptors (Lipinski definition) is 7. The van der Waals surface area contributed by atoms with Crippen molar-refractivity contribution >= 4 is 22.8 Å². The van der Waals surface area contributed by atoms with E-state index in [2.05, 4.69) is 21.5 Å². The molecule has 42 heavy (non-hydrogen) atoms. The van der Waals surface area contributed by atoms with Crippen LogP contribution in [0.15, 0.2) is 47.9 Å². The van der Waals surface area contributed by atoms with Gasteiger partial charge < -0.3 is 14.9 Å². The van der Waals surface area contributed by atoms with Crippen LogP contribution in [0.25, 0.3) is 28.0 Å². The third-order valence-corrected chi connectivity index (χ3v) is 7.64. The van der Waals surface area contributed by atoms with E-state index in [1.165, 1.54) is 29.7 Å². The minimum absolute atomic E-state index is 0.0767. The molecule has 1 aromatic carbocycles. The zero-order valence-electron chi connectivity index (χ0n) is 24.2. The SMILES string of the molecule is C=CC(=O)N1CCN(c2nc(=O)n(-c3c(C)ccnc3C(C)C)c3nc(-c4cc(F)c(C)cc4O)c(F)cc23)[C@@H](C)C1. The Kier molecular flexibility index (Phi) is 7.53. The molecule has 4 heterocycles. The van der Waals surface area contributed by atoms with Gasteiger partial charge in [0.15, 0.2) is 11.5 Å². The van der Waals surface area contributed by atoms with Crippen LogP contribution in [0.3, 0.4) is 0 Å². The van der Waals surface area contributed by atoms with Gasteiger partial charge in [-0.3, -0.25) is 9.78 Å². The van der Waals surface area contributed by atoms with E-state index in [1.54, 1.807) is 17.2 Å². The van der Waals surface area contributed by atoms with Gasteiger partial charge in [-0.1, -0.05) is 20.4 Å². The third kappa shape index (κ3) is 4.88. The van der Waals surface area contributed by atoms with Crippen molar-refractivity contribution in [2.45, 2.75) is 46.6 Å². The van der Waals surface area contributed by atoms with Crippen LogP contribution in [-0.2, 0) is 4.79 Å². The number of pyridine rings is 2. The first kappa shape index (κ1) is 28.8. The summed E-state index contributed by atoms with van der Waals surface area (Å²) in [6.07, 6.45) is 2.91. The summed E-state index contributed by atoms with van der Waals surface area (Å²) in [7, 11) is 0. The lowest BCUT2D eigenvalue weighted by atomic mass is 10.0. The summed E-state index contributed by atoms with van der Waals surface area (Å²) < 4.78 is 31.8. The maximum Gasteiger partial charge on any atom is 0.355 e. The Hall–Kier alpha value is -4.67. The van der Waals surface area contributed by atoms with E-state index < -0.39 is 17.3 Å². The predicted octanol–water partition coefficient (Wildman–Crippen LogP) is 4.79. The number of benzene rings is 1. The fraction of sp³-hybridized carbons (Fsp3) is 0.323. The second kappa shape index (κ2) is 11.0. The number of amides is 1. The minimum atomic E-state index is -0.825. The molecule has 4 aromatic rings. The maximum absolute atomic E-state index is 15.9.